The van der Waals surface area contributed by atoms with Crippen LogP contribution in [-0.4, -0.2) is 18.4 Å². The van der Waals surface area contributed by atoms with Crippen LogP contribution in [0.2, 0.25) is 0 Å². The summed E-state index contributed by atoms with van der Waals surface area (Å²) in [5, 5.41) is 6.00. The minimum atomic E-state index is -0.594. The van der Waals surface area contributed by atoms with E-state index in [4.69, 9.17) is 9.15 Å². The zero-order chi connectivity index (χ0) is 22.5. The van der Waals surface area contributed by atoms with Crippen LogP contribution in [0.15, 0.2) is 77.2 Å². The minimum Gasteiger partial charge on any atom is -0.494 e. The fraction of sp³-hybridized carbons (Fsp3) is 0.120. The molecule has 0 bridgehead atoms. The molecule has 0 unspecified atom stereocenters. The summed E-state index contributed by atoms with van der Waals surface area (Å²) in [6.07, 6.45) is 0.108. The number of carbonyl (C=O) groups excluding carboxylic acids is 2. The minimum absolute atomic E-state index is 0.0597. The standard InChI is InChI=1S/C25H21FN2O4/c1-2-31-19-12-10-16(11-13-19)14-22(29)28-23-20-8-3-4-9-21(20)32-24(23)25(30)27-18-7-5-6-17(26)15-18/h3-13,15H,2,14H2,1H3,(H,27,30)(H,28,29). The topological polar surface area (TPSA) is 80.6 Å². The van der Waals surface area contributed by atoms with Gasteiger partial charge in [-0.2, -0.15) is 0 Å². The number of hydrogen-bond donors (Lipinski definition) is 2. The zero-order valence-corrected chi connectivity index (χ0v) is 17.4. The number of amides is 2. The predicted octanol–water partition coefficient (Wildman–Crippen LogP) is 5.40. The number of halogens is 1. The van der Waals surface area contributed by atoms with Crippen LogP contribution in [0.1, 0.15) is 23.0 Å². The number of nitrogens with one attached hydrogen (secondary N) is 2. The normalized spacial score (nSPS) is 10.7. The first-order chi connectivity index (χ1) is 15.5. The van der Waals surface area contributed by atoms with Crippen LogP contribution in [0, 0.1) is 5.82 Å². The predicted molar refractivity (Wildman–Crippen MR) is 121 cm³/mol. The van der Waals surface area contributed by atoms with Crippen molar-refractivity contribution in [2.45, 2.75) is 13.3 Å². The van der Waals surface area contributed by atoms with E-state index in [1.165, 1.54) is 18.2 Å². The Morgan fingerprint density at radius 1 is 0.969 bits per heavy atom. The van der Waals surface area contributed by atoms with Crippen LogP contribution in [0.4, 0.5) is 15.8 Å². The van der Waals surface area contributed by atoms with Crippen molar-refractivity contribution in [3.63, 3.8) is 0 Å². The molecule has 2 amide bonds. The van der Waals surface area contributed by atoms with Crippen molar-refractivity contribution in [3.05, 3.63) is 89.9 Å². The molecule has 0 spiro atoms. The zero-order valence-electron chi connectivity index (χ0n) is 17.4. The molecule has 0 aliphatic heterocycles. The molecule has 162 valence electrons. The molecule has 0 atom stereocenters. The highest BCUT2D eigenvalue weighted by molar-refractivity contribution is 6.14. The molecular formula is C25H21FN2O4. The Labute approximate surface area is 184 Å². The summed E-state index contributed by atoms with van der Waals surface area (Å²) < 4.78 is 24.6. The van der Waals surface area contributed by atoms with Gasteiger partial charge in [0, 0.05) is 11.1 Å². The van der Waals surface area contributed by atoms with Gasteiger partial charge in [-0.3, -0.25) is 9.59 Å². The number of fused-ring (bicyclic) bond motifs is 1. The van der Waals surface area contributed by atoms with E-state index in [0.29, 0.717) is 17.6 Å². The fourth-order valence-corrected chi connectivity index (χ4v) is 3.32. The van der Waals surface area contributed by atoms with E-state index in [-0.39, 0.29) is 29.5 Å². The van der Waals surface area contributed by atoms with Crippen molar-refractivity contribution in [2.24, 2.45) is 0 Å². The SMILES string of the molecule is CCOc1ccc(CC(=O)Nc2c(C(=O)Nc3cccc(F)c3)oc3ccccc23)cc1. The summed E-state index contributed by atoms with van der Waals surface area (Å²) in [5.41, 5.74) is 1.80. The Kier molecular flexibility index (Phi) is 6.17. The maximum absolute atomic E-state index is 13.5. The summed E-state index contributed by atoms with van der Waals surface area (Å²) in [6, 6.07) is 19.8. The molecule has 6 nitrogen and oxygen atoms in total. The van der Waals surface area contributed by atoms with E-state index in [2.05, 4.69) is 10.6 Å². The first-order valence-corrected chi connectivity index (χ1v) is 10.1. The van der Waals surface area contributed by atoms with Crippen molar-refractivity contribution in [2.75, 3.05) is 17.2 Å². The van der Waals surface area contributed by atoms with Gasteiger partial charge in [0.2, 0.25) is 11.7 Å². The number of ether oxygens (including phenoxy) is 1. The molecule has 1 aromatic heterocycles. The summed E-state index contributed by atoms with van der Waals surface area (Å²) in [5.74, 6) is -0.704. The summed E-state index contributed by atoms with van der Waals surface area (Å²) in [7, 11) is 0. The molecule has 3 aromatic carbocycles. The van der Waals surface area contributed by atoms with Crippen molar-refractivity contribution in [1.82, 2.24) is 0 Å². The first-order valence-electron chi connectivity index (χ1n) is 10.1. The Balaban J connectivity index is 1.57. The van der Waals surface area contributed by atoms with E-state index in [1.807, 2.05) is 19.1 Å². The van der Waals surface area contributed by atoms with Gasteiger partial charge in [-0.1, -0.05) is 30.3 Å². The van der Waals surface area contributed by atoms with Gasteiger partial charge in [0.1, 0.15) is 22.8 Å². The van der Waals surface area contributed by atoms with Gasteiger partial charge >= 0.3 is 0 Å². The van der Waals surface area contributed by atoms with Crippen LogP contribution >= 0.6 is 0 Å². The molecule has 0 aliphatic rings. The number of carbonyl (C=O) groups is 2. The number of anilines is 2. The van der Waals surface area contributed by atoms with Gasteiger partial charge in [-0.05, 0) is 55.0 Å². The van der Waals surface area contributed by atoms with Crippen LogP contribution in [0.3, 0.4) is 0 Å². The van der Waals surface area contributed by atoms with Gasteiger partial charge in [-0.25, -0.2) is 4.39 Å². The molecule has 4 aromatic rings. The maximum Gasteiger partial charge on any atom is 0.293 e. The second-order valence-corrected chi connectivity index (χ2v) is 7.07. The molecule has 0 saturated heterocycles. The van der Waals surface area contributed by atoms with Gasteiger partial charge in [0.15, 0.2) is 0 Å². The van der Waals surface area contributed by atoms with Gasteiger partial charge in [0.05, 0.1) is 13.0 Å². The molecule has 32 heavy (non-hydrogen) atoms. The van der Waals surface area contributed by atoms with Crippen molar-refractivity contribution < 1.29 is 23.1 Å². The summed E-state index contributed by atoms with van der Waals surface area (Å²) >= 11 is 0. The third kappa shape index (κ3) is 4.78. The van der Waals surface area contributed by atoms with E-state index < -0.39 is 11.7 Å². The third-order valence-corrected chi connectivity index (χ3v) is 4.75. The molecule has 4 rings (SSSR count). The highest BCUT2D eigenvalue weighted by Crippen LogP contribution is 2.31. The number of para-hydroxylation sites is 1. The Bertz CT molecular complexity index is 1260. The lowest BCUT2D eigenvalue weighted by atomic mass is 10.1. The number of furan rings is 1. The van der Waals surface area contributed by atoms with Crippen molar-refractivity contribution in [3.8, 4) is 5.75 Å². The molecule has 1 heterocycles. The number of benzene rings is 3. The quantitative estimate of drug-likeness (QED) is 0.410. The Morgan fingerprint density at radius 2 is 1.75 bits per heavy atom. The molecule has 0 aliphatic carbocycles. The van der Waals surface area contributed by atoms with Gasteiger partial charge in [-0.15, -0.1) is 0 Å². The Morgan fingerprint density at radius 3 is 2.50 bits per heavy atom. The van der Waals surface area contributed by atoms with E-state index in [1.54, 1.807) is 42.5 Å². The first kappa shape index (κ1) is 21.1. The van der Waals surface area contributed by atoms with Crippen LogP contribution in [0.25, 0.3) is 11.0 Å². The lowest BCUT2D eigenvalue weighted by Gasteiger charge is -2.08. The lowest BCUT2D eigenvalue weighted by molar-refractivity contribution is -0.115. The highest BCUT2D eigenvalue weighted by Gasteiger charge is 2.22. The van der Waals surface area contributed by atoms with Crippen molar-refractivity contribution >= 4 is 34.2 Å². The van der Waals surface area contributed by atoms with Crippen molar-refractivity contribution in [1.29, 1.82) is 0 Å². The van der Waals surface area contributed by atoms with Crippen LogP contribution in [0.5, 0.6) is 5.75 Å². The Hall–Kier alpha value is -4.13. The summed E-state index contributed by atoms with van der Waals surface area (Å²) in [6.45, 7) is 2.46. The van der Waals surface area contributed by atoms with E-state index in [0.717, 1.165) is 11.3 Å². The van der Waals surface area contributed by atoms with Gasteiger partial charge < -0.3 is 19.8 Å². The molecule has 0 radical (unpaired) electrons. The smallest absolute Gasteiger partial charge is 0.293 e. The molecule has 7 heteroatoms. The molecular weight excluding hydrogens is 411 g/mol. The van der Waals surface area contributed by atoms with E-state index >= 15 is 0 Å². The highest BCUT2D eigenvalue weighted by atomic mass is 19.1. The molecule has 2 N–H and O–H groups in total. The maximum atomic E-state index is 13.5. The number of hydrogen-bond acceptors (Lipinski definition) is 4. The third-order valence-electron chi connectivity index (χ3n) is 4.75. The average Bonchev–Trinajstić information content (AvgIpc) is 3.14. The molecule has 0 fully saturated rings. The second-order valence-electron chi connectivity index (χ2n) is 7.07. The lowest BCUT2D eigenvalue weighted by Crippen LogP contribution is -2.18. The van der Waals surface area contributed by atoms with Crippen LogP contribution < -0.4 is 15.4 Å². The largest absolute Gasteiger partial charge is 0.494 e. The van der Waals surface area contributed by atoms with Gasteiger partial charge in [0.25, 0.3) is 5.91 Å². The van der Waals surface area contributed by atoms with E-state index in [9.17, 15) is 14.0 Å². The average molecular weight is 432 g/mol. The molecule has 0 saturated carbocycles. The summed E-state index contributed by atoms with van der Waals surface area (Å²) in [4.78, 5) is 25.6. The number of rotatable bonds is 7. The fourth-order valence-electron chi connectivity index (χ4n) is 3.32. The monoisotopic (exact) mass is 432 g/mol. The van der Waals surface area contributed by atoms with Crippen LogP contribution in [-0.2, 0) is 11.2 Å². The second kappa shape index (κ2) is 9.34.